The second kappa shape index (κ2) is 4.45. The Labute approximate surface area is 61.6 Å². The van der Waals surface area contributed by atoms with E-state index in [2.05, 4.69) is 0 Å². The average molecular weight is 146 g/mol. The predicted octanol–water partition coefficient (Wildman–Crippen LogP) is 2.12. The molecule has 1 nitrogen and oxygen atoms in total. The molecule has 0 aromatic heterocycles. The molecule has 0 saturated carbocycles. The fourth-order valence-corrected chi connectivity index (χ4v) is 0.530. The summed E-state index contributed by atoms with van der Waals surface area (Å²) in [6.45, 7) is 5.49. The van der Waals surface area contributed by atoms with E-state index in [1.165, 1.54) is 6.08 Å². The molecule has 1 N–H and O–H groups in total. The van der Waals surface area contributed by atoms with E-state index in [-0.39, 0.29) is 5.92 Å². The van der Waals surface area contributed by atoms with Gasteiger partial charge in [-0.15, -0.1) is 0 Å². The lowest BCUT2D eigenvalue weighted by Crippen LogP contribution is -2.01. The first-order chi connectivity index (χ1) is 4.57. The van der Waals surface area contributed by atoms with E-state index in [1.54, 1.807) is 0 Å². The molecule has 0 amide bonds. The number of rotatable bonds is 3. The largest absolute Gasteiger partial charge is 0.389 e. The lowest BCUT2D eigenvalue weighted by molar-refractivity contribution is 0.294. The zero-order valence-corrected chi connectivity index (χ0v) is 6.76. The van der Waals surface area contributed by atoms with Crippen molar-refractivity contribution in [1.82, 2.24) is 0 Å². The molecule has 10 heavy (non-hydrogen) atoms. The van der Waals surface area contributed by atoms with Gasteiger partial charge in [-0.3, -0.25) is 0 Å². The summed E-state index contributed by atoms with van der Waals surface area (Å²) in [6, 6.07) is 0. The van der Waals surface area contributed by atoms with Crippen LogP contribution in [0.3, 0.4) is 0 Å². The molecular weight excluding hydrogens is 131 g/mol. The number of hydrogen-bond donors (Lipinski definition) is 1. The van der Waals surface area contributed by atoms with Crippen LogP contribution < -0.4 is 0 Å². The summed E-state index contributed by atoms with van der Waals surface area (Å²) in [5, 5.41) is 8.32. The van der Waals surface area contributed by atoms with E-state index < -0.39 is 12.4 Å². The Morgan fingerprint density at radius 2 is 2.00 bits per heavy atom. The third-order valence-electron chi connectivity index (χ3n) is 1.65. The van der Waals surface area contributed by atoms with Crippen LogP contribution in [-0.2, 0) is 0 Å². The summed E-state index contributed by atoms with van der Waals surface area (Å²) in [4.78, 5) is 0. The molecule has 0 aliphatic carbocycles. The maximum Gasteiger partial charge on any atom is 0.122 e. The van der Waals surface area contributed by atoms with Crippen molar-refractivity contribution in [1.29, 1.82) is 0 Å². The molecular formula is C8H15FO. The molecule has 0 aliphatic heterocycles. The smallest absolute Gasteiger partial charge is 0.122 e. The van der Waals surface area contributed by atoms with Crippen LogP contribution in [0.2, 0.25) is 0 Å². The van der Waals surface area contributed by atoms with Crippen molar-refractivity contribution in [3.8, 4) is 0 Å². The maximum atomic E-state index is 12.4. The van der Waals surface area contributed by atoms with Gasteiger partial charge in [0.2, 0.25) is 0 Å². The van der Waals surface area contributed by atoms with Crippen LogP contribution in [0.25, 0.3) is 0 Å². The van der Waals surface area contributed by atoms with Crippen molar-refractivity contribution in [2.45, 2.75) is 20.8 Å². The minimum atomic E-state index is -0.475. The Bertz CT molecular complexity index is 118. The summed E-state index contributed by atoms with van der Waals surface area (Å²) in [5.41, 5.74) is 0. The van der Waals surface area contributed by atoms with Crippen molar-refractivity contribution in [2.24, 2.45) is 11.8 Å². The molecule has 1 unspecified atom stereocenters. The number of halogens is 1. The molecule has 0 heterocycles. The molecule has 0 aromatic rings. The molecule has 0 rings (SSSR count). The molecule has 0 aliphatic rings. The molecule has 2 heteroatoms. The second-order valence-electron chi connectivity index (χ2n) is 2.87. The highest BCUT2D eigenvalue weighted by Gasteiger charge is 2.04. The zero-order chi connectivity index (χ0) is 8.15. The fourth-order valence-electron chi connectivity index (χ4n) is 0.530. The highest BCUT2D eigenvalue weighted by molar-refractivity contribution is 4.95. The number of aliphatic hydroxyl groups excluding tert-OH is 1. The van der Waals surface area contributed by atoms with Gasteiger partial charge in [-0.2, -0.15) is 0 Å². The van der Waals surface area contributed by atoms with Crippen molar-refractivity contribution in [3.05, 3.63) is 11.9 Å². The van der Waals surface area contributed by atoms with Gasteiger partial charge in [0.15, 0.2) is 0 Å². The lowest BCUT2D eigenvalue weighted by Gasteiger charge is -2.09. The average Bonchev–Trinajstić information content (AvgIpc) is 1.87. The van der Waals surface area contributed by atoms with Crippen LogP contribution in [-0.4, -0.2) is 11.7 Å². The van der Waals surface area contributed by atoms with Crippen LogP contribution >= 0.6 is 0 Å². The van der Waals surface area contributed by atoms with Gasteiger partial charge in [-0.05, 0) is 17.9 Å². The summed E-state index contributed by atoms with van der Waals surface area (Å²) < 4.78 is 12.4. The number of hydrogen-bond acceptors (Lipinski definition) is 1. The number of allylic oxidation sites excluding steroid dienone is 1. The molecule has 0 spiro atoms. The minimum absolute atomic E-state index is 0.201. The quantitative estimate of drug-likeness (QED) is 0.646. The van der Waals surface area contributed by atoms with Crippen molar-refractivity contribution >= 4 is 0 Å². The number of aliphatic hydroxyl groups is 1. The summed E-state index contributed by atoms with van der Waals surface area (Å²) >= 11 is 0. The Balaban J connectivity index is 3.86. The highest BCUT2D eigenvalue weighted by atomic mass is 19.1. The predicted molar refractivity (Wildman–Crippen MR) is 40.3 cm³/mol. The maximum absolute atomic E-state index is 12.4. The van der Waals surface area contributed by atoms with Crippen molar-refractivity contribution < 1.29 is 9.50 Å². The zero-order valence-electron chi connectivity index (χ0n) is 6.76. The Kier molecular flexibility index (Phi) is 4.28. The van der Waals surface area contributed by atoms with Gasteiger partial charge in [-0.25, -0.2) is 4.39 Å². The van der Waals surface area contributed by atoms with Gasteiger partial charge in [0.1, 0.15) is 5.83 Å². The summed E-state index contributed by atoms with van der Waals surface area (Å²) in [5.74, 6) is 0.200. The van der Waals surface area contributed by atoms with Crippen molar-refractivity contribution in [3.63, 3.8) is 0 Å². The van der Waals surface area contributed by atoms with Crippen molar-refractivity contribution in [2.75, 3.05) is 6.61 Å². The van der Waals surface area contributed by atoms with E-state index >= 15 is 0 Å². The van der Waals surface area contributed by atoms with Gasteiger partial charge in [0.05, 0.1) is 6.61 Å². The standard InChI is InChI=1S/C8H15FO/c1-6(2)7(3)4-8(9)5-10/h4,6-7,10H,5H2,1-3H3/b8-4+. The normalized spacial score (nSPS) is 16.0. The summed E-state index contributed by atoms with van der Waals surface area (Å²) in [7, 11) is 0. The van der Waals surface area contributed by atoms with Gasteiger partial charge >= 0.3 is 0 Å². The Hall–Kier alpha value is -0.370. The monoisotopic (exact) mass is 146 g/mol. The van der Waals surface area contributed by atoms with Crippen LogP contribution in [0.5, 0.6) is 0 Å². The molecule has 0 saturated heterocycles. The Morgan fingerprint density at radius 3 is 2.30 bits per heavy atom. The second-order valence-corrected chi connectivity index (χ2v) is 2.87. The van der Waals surface area contributed by atoms with E-state index in [4.69, 9.17) is 5.11 Å². The fraction of sp³-hybridized carbons (Fsp3) is 0.750. The van der Waals surface area contributed by atoms with Gasteiger partial charge in [0, 0.05) is 0 Å². The molecule has 0 bridgehead atoms. The van der Waals surface area contributed by atoms with Gasteiger partial charge < -0.3 is 5.11 Å². The first-order valence-electron chi connectivity index (χ1n) is 3.55. The van der Waals surface area contributed by atoms with E-state index in [0.29, 0.717) is 5.92 Å². The molecule has 0 radical (unpaired) electrons. The molecule has 0 fully saturated rings. The first-order valence-corrected chi connectivity index (χ1v) is 3.55. The third-order valence-corrected chi connectivity index (χ3v) is 1.65. The van der Waals surface area contributed by atoms with E-state index in [1.807, 2.05) is 20.8 Å². The topological polar surface area (TPSA) is 20.2 Å². The van der Waals surface area contributed by atoms with E-state index in [0.717, 1.165) is 0 Å². The summed E-state index contributed by atoms with van der Waals surface area (Å²) in [6.07, 6.45) is 1.46. The first kappa shape index (κ1) is 9.63. The molecule has 60 valence electrons. The Morgan fingerprint density at radius 1 is 1.50 bits per heavy atom. The van der Waals surface area contributed by atoms with Gasteiger partial charge in [0.25, 0.3) is 0 Å². The van der Waals surface area contributed by atoms with Crippen LogP contribution in [0.15, 0.2) is 11.9 Å². The minimum Gasteiger partial charge on any atom is -0.389 e. The van der Waals surface area contributed by atoms with Crippen LogP contribution in [0.4, 0.5) is 4.39 Å². The molecule has 1 atom stereocenters. The SMILES string of the molecule is CC(C)C(C)/C=C(/F)CO. The third kappa shape index (κ3) is 3.62. The van der Waals surface area contributed by atoms with Crippen LogP contribution in [0.1, 0.15) is 20.8 Å². The molecule has 0 aromatic carbocycles. The lowest BCUT2D eigenvalue weighted by atomic mass is 9.98. The highest BCUT2D eigenvalue weighted by Crippen LogP contribution is 2.13. The van der Waals surface area contributed by atoms with Crippen LogP contribution in [0, 0.1) is 11.8 Å². The van der Waals surface area contributed by atoms with Gasteiger partial charge in [-0.1, -0.05) is 20.8 Å². The van der Waals surface area contributed by atoms with E-state index in [9.17, 15) is 4.39 Å².